The largest absolute Gasteiger partial charge is 0.494 e. The highest BCUT2D eigenvalue weighted by Crippen LogP contribution is 2.29. The zero-order valence-corrected chi connectivity index (χ0v) is 14.4. The van der Waals surface area contributed by atoms with Gasteiger partial charge in [-0.15, -0.1) is 0 Å². The number of amides is 1. The Balaban J connectivity index is 1.76. The smallest absolute Gasteiger partial charge is 0.407 e. The van der Waals surface area contributed by atoms with Gasteiger partial charge in [0.25, 0.3) is 0 Å². The van der Waals surface area contributed by atoms with Crippen LogP contribution in [0.5, 0.6) is 5.75 Å². The summed E-state index contributed by atoms with van der Waals surface area (Å²) in [5.74, 6) is 0.196. The summed E-state index contributed by atoms with van der Waals surface area (Å²) in [6, 6.07) is 4.95. The van der Waals surface area contributed by atoms with Crippen LogP contribution in [-0.2, 0) is 4.74 Å². The van der Waals surface area contributed by atoms with Crippen molar-refractivity contribution in [3.05, 3.63) is 24.0 Å². The van der Waals surface area contributed by atoms with Crippen LogP contribution in [0.1, 0.15) is 45.4 Å². The maximum Gasteiger partial charge on any atom is 0.407 e. The summed E-state index contributed by atoms with van der Waals surface area (Å²) in [5, 5.41) is 6.34. The van der Waals surface area contributed by atoms with Crippen molar-refractivity contribution in [1.82, 2.24) is 5.32 Å². The van der Waals surface area contributed by atoms with Gasteiger partial charge >= 0.3 is 6.09 Å². The van der Waals surface area contributed by atoms with Gasteiger partial charge in [0.2, 0.25) is 0 Å². The molecule has 0 heterocycles. The molecular formula is C18H27FN2O3. The monoisotopic (exact) mass is 338 g/mol. The number of unbranched alkanes of at least 4 members (excludes halogenated alkanes) is 1. The first-order valence-electron chi connectivity index (χ1n) is 8.65. The van der Waals surface area contributed by atoms with Gasteiger partial charge in [0.1, 0.15) is 11.6 Å². The lowest BCUT2D eigenvalue weighted by Gasteiger charge is -2.30. The van der Waals surface area contributed by atoms with Crippen molar-refractivity contribution in [3.63, 3.8) is 0 Å². The van der Waals surface area contributed by atoms with Crippen molar-refractivity contribution in [1.29, 1.82) is 0 Å². The molecule has 1 saturated carbocycles. The molecule has 0 aliphatic heterocycles. The zero-order valence-electron chi connectivity index (χ0n) is 14.4. The second-order valence-electron chi connectivity index (χ2n) is 6.17. The minimum atomic E-state index is -0.319. The average Bonchev–Trinajstić information content (AvgIpc) is 2.58. The number of hydrogen-bond donors (Lipinski definition) is 2. The molecule has 0 spiro atoms. The van der Waals surface area contributed by atoms with Crippen LogP contribution in [0.2, 0.25) is 0 Å². The van der Waals surface area contributed by atoms with Crippen LogP contribution in [-0.4, -0.2) is 31.9 Å². The molecular weight excluding hydrogens is 311 g/mol. The van der Waals surface area contributed by atoms with E-state index in [4.69, 9.17) is 9.47 Å². The molecule has 0 radical (unpaired) electrons. The number of rotatable bonds is 7. The third-order valence-corrected chi connectivity index (χ3v) is 4.30. The second kappa shape index (κ2) is 9.35. The van der Waals surface area contributed by atoms with Crippen molar-refractivity contribution in [2.24, 2.45) is 0 Å². The number of hydrogen-bond acceptors (Lipinski definition) is 4. The average molecular weight is 338 g/mol. The SMILES string of the molecule is CCCCOC(=O)N[C@H]1CC[C@@H](Nc2ccc(F)cc2OC)CC1. The van der Waals surface area contributed by atoms with Gasteiger partial charge in [-0.3, -0.25) is 0 Å². The molecule has 1 aliphatic rings. The number of carbonyl (C=O) groups excluding carboxylic acids is 1. The minimum Gasteiger partial charge on any atom is -0.494 e. The summed E-state index contributed by atoms with van der Waals surface area (Å²) >= 11 is 0. The fraction of sp³-hybridized carbons (Fsp3) is 0.611. The lowest BCUT2D eigenvalue weighted by Crippen LogP contribution is -2.40. The van der Waals surface area contributed by atoms with Gasteiger partial charge in [0, 0.05) is 18.2 Å². The first-order chi connectivity index (χ1) is 11.6. The van der Waals surface area contributed by atoms with Gasteiger partial charge in [-0.05, 0) is 44.2 Å². The lowest BCUT2D eigenvalue weighted by atomic mass is 9.91. The van der Waals surface area contributed by atoms with E-state index in [1.807, 2.05) is 0 Å². The highest BCUT2D eigenvalue weighted by Gasteiger charge is 2.23. The topological polar surface area (TPSA) is 59.6 Å². The highest BCUT2D eigenvalue weighted by molar-refractivity contribution is 5.67. The summed E-state index contributed by atoms with van der Waals surface area (Å²) in [5.41, 5.74) is 0.800. The molecule has 0 aromatic heterocycles. The lowest BCUT2D eigenvalue weighted by molar-refractivity contribution is 0.137. The van der Waals surface area contributed by atoms with Gasteiger partial charge in [0.15, 0.2) is 0 Å². The Bertz CT molecular complexity index is 531. The Morgan fingerprint density at radius 2 is 1.96 bits per heavy atom. The van der Waals surface area contributed by atoms with Crippen molar-refractivity contribution in [2.75, 3.05) is 19.0 Å². The van der Waals surface area contributed by atoms with Crippen LogP contribution in [0.15, 0.2) is 18.2 Å². The van der Waals surface area contributed by atoms with Gasteiger partial charge in [-0.2, -0.15) is 0 Å². The van der Waals surface area contributed by atoms with E-state index in [-0.39, 0.29) is 18.0 Å². The zero-order chi connectivity index (χ0) is 17.4. The molecule has 6 heteroatoms. The van der Waals surface area contributed by atoms with Crippen LogP contribution >= 0.6 is 0 Å². The number of anilines is 1. The van der Waals surface area contributed by atoms with Crippen molar-refractivity contribution in [2.45, 2.75) is 57.5 Å². The van der Waals surface area contributed by atoms with Gasteiger partial charge in [-0.25, -0.2) is 9.18 Å². The van der Waals surface area contributed by atoms with Gasteiger partial charge in [-0.1, -0.05) is 13.3 Å². The molecule has 24 heavy (non-hydrogen) atoms. The Labute approximate surface area is 142 Å². The Kier molecular flexibility index (Phi) is 7.15. The van der Waals surface area contributed by atoms with Crippen molar-refractivity contribution in [3.8, 4) is 5.75 Å². The molecule has 1 amide bonds. The van der Waals surface area contributed by atoms with E-state index in [0.29, 0.717) is 18.4 Å². The number of ether oxygens (including phenoxy) is 2. The van der Waals surface area contributed by atoms with Gasteiger partial charge < -0.3 is 20.1 Å². The highest BCUT2D eigenvalue weighted by atomic mass is 19.1. The number of alkyl carbamates (subject to hydrolysis) is 1. The molecule has 1 aromatic rings. The summed E-state index contributed by atoms with van der Waals surface area (Å²) < 4.78 is 23.6. The van der Waals surface area contributed by atoms with E-state index < -0.39 is 0 Å². The fourth-order valence-electron chi connectivity index (χ4n) is 2.90. The van der Waals surface area contributed by atoms with Crippen molar-refractivity contribution >= 4 is 11.8 Å². The van der Waals surface area contributed by atoms with E-state index in [9.17, 15) is 9.18 Å². The first kappa shape index (κ1) is 18.4. The normalized spacial score (nSPS) is 20.3. The van der Waals surface area contributed by atoms with Gasteiger partial charge in [0.05, 0.1) is 19.4 Å². The van der Waals surface area contributed by atoms with Crippen LogP contribution in [0.25, 0.3) is 0 Å². The molecule has 1 aromatic carbocycles. The molecule has 0 saturated heterocycles. The molecule has 0 atom stereocenters. The fourth-order valence-corrected chi connectivity index (χ4v) is 2.90. The third kappa shape index (κ3) is 5.58. The van der Waals surface area contributed by atoms with E-state index in [1.165, 1.54) is 19.2 Å². The standard InChI is InChI=1S/C18H27FN2O3/c1-3-4-11-24-18(22)21-15-8-6-14(7-9-15)20-16-10-5-13(19)12-17(16)23-2/h5,10,12,14-15,20H,3-4,6-9,11H2,1-2H3,(H,21,22)/t14-,15+. The molecule has 5 nitrogen and oxygen atoms in total. The van der Waals surface area contributed by atoms with E-state index in [1.54, 1.807) is 6.07 Å². The number of methoxy groups -OCH3 is 1. The molecule has 134 valence electrons. The third-order valence-electron chi connectivity index (χ3n) is 4.30. The molecule has 0 unspecified atom stereocenters. The van der Waals surface area contributed by atoms with E-state index in [0.717, 1.165) is 44.2 Å². The minimum absolute atomic E-state index is 0.160. The number of halogens is 1. The van der Waals surface area contributed by atoms with Crippen LogP contribution in [0.4, 0.5) is 14.9 Å². The number of nitrogens with one attached hydrogen (secondary N) is 2. The number of carbonyl (C=O) groups is 1. The summed E-state index contributed by atoms with van der Waals surface area (Å²) in [6.45, 7) is 2.54. The number of benzene rings is 1. The second-order valence-corrected chi connectivity index (χ2v) is 6.17. The van der Waals surface area contributed by atoms with Crippen LogP contribution < -0.4 is 15.4 Å². The van der Waals surface area contributed by atoms with E-state index >= 15 is 0 Å². The predicted octanol–water partition coefficient (Wildman–Crippen LogP) is 4.08. The molecule has 2 N–H and O–H groups in total. The Morgan fingerprint density at radius 3 is 2.62 bits per heavy atom. The Morgan fingerprint density at radius 1 is 1.25 bits per heavy atom. The van der Waals surface area contributed by atoms with Crippen LogP contribution in [0.3, 0.4) is 0 Å². The van der Waals surface area contributed by atoms with Crippen molar-refractivity contribution < 1.29 is 18.7 Å². The molecule has 2 rings (SSSR count). The van der Waals surface area contributed by atoms with E-state index in [2.05, 4.69) is 17.6 Å². The Hall–Kier alpha value is -1.98. The quantitative estimate of drug-likeness (QED) is 0.735. The molecule has 0 bridgehead atoms. The molecule has 1 aliphatic carbocycles. The first-order valence-corrected chi connectivity index (χ1v) is 8.65. The maximum absolute atomic E-state index is 13.2. The summed E-state index contributed by atoms with van der Waals surface area (Å²) in [7, 11) is 1.53. The summed E-state index contributed by atoms with van der Waals surface area (Å²) in [6.07, 6.45) is 5.23. The molecule has 1 fully saturated rings. The predicted molar refractivity (Wildman–Crippen MR) is 92.0 cm³/mol. The van der Waals surface area contributed by atoms with Crippen LogP contribution in [0, 0.1) is 5.82 Å². The summed E-state index contributed by atoms with van der Waals surface area (Å²) in [4.78, 5) is 11.7. The maximum atomic E-state index is 13.2.